The number of amides is 1. The molecule has 0 spiro atoms. The molecule has 0 aromatic rings. The summed E-state index contributed by atoms with van der Waals surface area (Å²) in [5.41, 5.74) is -0.443. The van der Waals surface area contributed by atoms with Gasteiger partial charge in [0.05, 0.1) is 18.4 Å². The fourth-order valence-corrected chi connectivity index (χ4v) is 2.70. The van der Waals surface area contributed by atoms with E-state index in [1.165, 1.54) is 0 Å². The largest absolute Gasteiger partial charge is 0.481 e. The summed E-state index contributed by atoms with van der Waals surface area (Å²) in [4.78, 5) is 25.5. The van der Waals surface area contributed by atoms with E-state index < -0.39 is 23.2 Å². The van der Waals surface area contributed by atoms with Gasteiger partial charge in [0, 0.05) is 19.7 Å². The van der Waals surface area contributed by atoms with Crippen molar-refractivity contribution in [3.8, 4) is 0 Å². The maximum atomic E-state index is 12.5. The van der Waals surface area contributed by atoms with Crippen LogP contribution in [0.2, 0.25) is 0 Å². The second-order valence-corrected chi connectivity index (χ2v) is 5.90. The number of carboxylic acid groups (broad SMARTS) is 1. The Bertz CT molecular complexity index is 353. The molecule has 1 saturated carbocycles. The molecule has 0 radical (unpaired) electrons. The number of carbonyl (C=O) groups is 2. The minimum Gasteiger partial charge on any atom is -0.481 e. The third-order valence-electron chi connectivity index (χ3n) is 4.30. The lowest BCUT2D eigenvalue weighted by Gasteiger charge is -2.29. The van der Waals surface area contributed by atoms with E-state index in [0.717, 1.165) is 6.42 Å². The Balaban J connectivity index is 2.80. The molecular formula is C14H25NO4. The molecule has 0 aliphatic heterocycles. The van der Waals surface area contributed by atoms with Crippen LogP contribution in [0, 0.1) is 17.3 Å². The molecule has 0 saturated heterocycles. The predicted octanol–water partition coefficient (Wildman–Crippen LogP) is 1.62. The monoisotopic (exact) mass is 271 g/mol. The second-order valence-electron chi connectivity index (χ2n) is 5.90. The van der Waals surface area contributed by atoms with E-state index >= 15 is 0 Å². The number of methoxy groups -OCH3 is 1. The minimum atomic E-state index is -0.876. The number of hydrogen-bond donors (Lipinski definition) is 1. The van der Waals surface area contributed by atoms with Gasteiger partial charge in [-0.3, -0.25) is 9.59 Å². The van der Waals surface area contributed by atoms with Crippen molar-refractivity contribution in [1.82, 2.24) is 4.90 Å². The summed E-state index contributed by atoms with van der Waals surface area (Å²) in [6.45, 7) is 8.69. The van der Waals surface area contributed by atoms with E-state index in [9.17, 15) is 9.59 Å². The van der Waals surface area contributed by atoms with Gasteiger partial charge in [0.25, 0.3) is 0 Å². The summed E-state index contributed by atoms with van der Waals surface area (Å²) in [6, 6.07) is 0.105. The van der Waals surface area contributed by atoms with Gasteiger partial charge in [0.1, 0.15) is 0 Å². The van der Waals surface area contributed by atoms with Crippen molar-refractivity contribution in [2.45, 2.75) is 40.2 Å². The first-order chi connectivity index (χ1) is 8.78. The number of rotatable bonds is 7. The second kappa shape index (κ2) is 5.90. The van der Waals surface area contributed by atoms with Crippen molar-refractivity contribution in [1.29, 1.82) is 0 Å². The van der Waals surface area contributed by atoms with Crippen molar-refractivity contribution >= 4 is 11.9 Å². The van der Waals surface area contributed by atoms with E-state index in [-0.39, 0.29) is 11.9 Å². The molecule has 0 aromatic heterocycles. The minimum absolute atomic E-state index is 0.0520. The van der Waals surface area contributed by atoms with Gasteiger partial charge in [0.2, 0.25) is 5.91 Å². The van der Waals surface area contributed by atoms with E-state index in [1.807, 2.05) is 27.7 Å². The Kier molecular flexibility index (Phi) is 4.96. The molecule has 5 nitrogen and oxygen atoms in total. The quantitative estimate of drug-likeness (QED) is 0.764. The van der Waals surface area contributed by atoms with E-state index in [0.29, 0.717) is 13.2 Å². The first-order valence-electron chi connectivity index (χ1n) is 6.81. The Morgan fingerprint density at radius 3 is 2.32 bits per heavy atom. The van der Waals surface area contributed by atoms with Crippen LogP contribution in [0.25, 0.3) is 0 Å². The van der Waals surface area contributed by atoms with Gasteiger partial charge in [-0.1, -0.05) is 20.8 Å². The summed E-state index contributed by atoms with van der Waals surface area (Å²) in [5.74, 6) is -1.90. The summed E-state index contributed by atoms with van der Waals surface area (Å²) < 4.78 is 5.03. The van der Waals surface area contributed by atoms with Gasteiger partial charge in [-0.2, -0.15) is 0 Å². The Morgan fingerprint density at radius 1 is 1.37 bits per heavy atom. The van der Waals surface area contributed by atoms with Crippen molar-refractivity contribution in [3.05, 3.63) is 0 Å². The van der Waals surface area contributed by atoms with E-state index in [4.69, 9.17) is 9.84 Å². The molecule has 19 heavy (non-hydrogen) atoms. The number of ether oxygens (including phenoxy) is 1. The molecule has 0 aromatic carbocycles. The number of nitrogens with zero attached hydrogens (tertiary/aromatic N) is 1. The number of aliphatic carboxylic acids is 1. The average Bonchev–Trinajstić information content (AvgIpc) is 2.92. The fourth-order valence-electron chi connectivity index (χ4n) is 2.70. The third-order valence-corrected chi connectivity index (χ3v) is 4.30. The smallest absolute Gasteiger partial charge is 0.307 e. The zero-order valence-corrected chi connectivity index (χ0v) is 12.5. The van der Waals surface area contributed by atoms with Gasteiger partial charge in [0.15, 0.2) is 0 Å². The zero-order chi connectivity index (χ0) is 14.8. The molecule has 1 N–H and O–H groups in total. The van der Waals surface area contributed by atoms with Crippen LogP contribution in [0.15, 0.2) is 0 Å². The normalized spacial score (nSPS) is 25.7. The Hall–Kier alpha value is -1.10. The standard InChI is InChI=1S/C14H25NO4/c1-6-9(2)15(7-8-19-5)12(16)10-11(13(17)18)14(10,3)4/h9-11H,6-8H2,1-5H3,(H,17,18). The Labute approximate surface area is 114 Å². The van der Waals surface area contributed by atoms with Gasteiger partial charge < -0.3 is 14.7 Å². The molecule has 3 unspecified atom stereocenters. The third kappa shape index (κ3) is 3.08. The topological polar surface area (TPSA) is 66.8 Å². The van der Waals surface area contributed by atoms with Crippen molar-refractivity contribution in [2.75, 3.05) is 20.3 Å². The zero-order valence-electron chi connectivity index (χ0n) is 12.5. The lowest BCUT2D eigenvalue weighted by molar-refractivity contribution is -0.143. The van der Waals surface area contributed by atoms with E-state index in [1.54, 1.807) is 12.0 Å². The highest BCUT2D eigenvalue weighted by atomic mass is 16.5. The van der Waals surface area contributed by atoms with Gasteiger partial charge >= 0.3 is 5.97 Å². The van der Waals surface area contributed by atoms with Crippen LogP contribution in [0.4, 0.5) is 0 Å². The molecule has 0 bridgehead atoms. The molecular weight excluding hydrogens is 246 g/mol. The summed E-state index contributed by atoms with van der Waals surface area (Å²) in [5, 5.41) is 9.17. The van der Waals surface area contributed by atoms with Crippen LogP contribution in [0.5, 0.6) is 0 Å². The predicted molar refractivity (Wildman–Crippen MR) is 71.7 cm³/mol. The van der Waals surface area contributed by atoms with E-state index in [2.05, 4.69) is 0 Å². The highest BCUT2D eigenvalue weighted by Gasteiger charge is 2.66. The molecule has 3 atom stereocenters. The Morgan fingerprint density at radius 2 is 1.95 bits per heavy atom. The van der Waals surface area contributed by atoms with Crippen LogP contribution < -0.4 is 0 Å². The molecule has 1 aliphatic carbocycles. The maximum absolute atomic E-state index is 12.5. The molecule has 5 heteroatoms. The van der Waals surface area contributed by atoms with Gasteiger partial charge in [-0.15, -0.1) is 0 Å². The van der Waals surface area contributed by atoms with Crippen molar-refractivity contribution in [3.63, 3.8) is 0 Å². The maximum Gasteiger partial charge on any atom is 0.307 e. The van der Waals surface area contributed by atoms with Gasteiger partial charge in [-0.25, -0.2) is 0 Å². The lowest BCUT2D eigenvalue weighted by atomic mass is 10.1. The first kappa shape index (κ1) is 16.0. The number of hydrogen-bond acceptors (Lipinski definition) is 3. The van der Waals surface area contributed by atoms with Crippen LogP contribution in [0.1, 0.15) is 34.1 Å². The highest BCUT2D eigenvalue weighted by molar-refractivity contribution is 5.91. The van der Waals surface area contributed by atoms with Crippen LogP contribution in [-0.4, -0.2) is 48.2 Å². The lowest BCUT2D eigenvalue weighted by Crippen LogP contribution is -2.42. The average molecular weight is 271 g/mol. The van der Waals surface area contributed by atoms with Crippen LogP contribution in [-0.2, 0) is 14.3 Å². The van der Waals surface area contributed by atoms with Crippen LogP contribution >= 0.6 is 0 Å². The molecule has 1 aliphatic rings. The molecule has 1 rings (SSSR count). The number of carbonyl (C=O) groups excluding carboxylic acids is 1. The molecule has 0 heterocycles. The summed E-state index contributed by atoms with van der Waals surface area (Å²) >= 11 is 0. The summed E-state index contributed by atoms with van der Waals surface area (Å²) in [7, 11) is 1.60. The SMILES string of the molecule is CCC(C)N(CCOC)C(=O)C1C(C(=O)O)C1(C)C. The van der Waals surface area contributed by atoms with Gasteiger partial charge in [-0.05, 0) is 18.8 Å². The summed E-state index contributed by atoms with van der Waals surface area (Å²) in [6.07, 6.45) is 0.848. The highest BCUT2D eigenvalue weighted by Crippen LogP contribution is 2.59. The van der Waals surface area contributed by atoms with Crippen molar-refractivity contribution < 1.29 is 19.4 Å². The molecule has 110 valence electrons. The van der Waals surface area contributed by atoms with Crippen LogP contribution in [0.3, 0.4) is 0 Å². The molecule has 1 amide bonds. The first-order valence-corrected chi connectivity index (χ1v) is 6.81. The number of carboxylic acids is 1. The van der Waals surface area contributed by atoms with Crippen molar-refractivity contribution in [2.24, 2.45) is 17.3 Å². The molecule has 1 fully saturated rings. The fraction of sp³-hybridized carbons (Fsp3) is 0.857.